The lowest BCUT2D eigenvalue weighted by Gasteiger charge is -2.36. The Morgan fingerprint density at radius 1 is 0.947 bits per heavy atom. The van der Waals surface area contributed by atoms with Crippen LogP contribution in [0.1, 0.15) is 17.6 Å². The van der Waals surface area contributed by atoms with Crippen LogP contribution in [0, 0.1) is 0 Å². The number of piperazine rings is 1. The maximum absolute atomic E-state index is 12.7. The second kappa shape index (κ2) is 14.0. The Balaban J connectivity index is 1.24. The smallest absolute Gasteiger partial charge is 0.260 e. The molecule has 2 aromatic carbocycles. The molecule has 4 rings (SSSR count). The van der Waals surface area contributed by atoms with Crippen molar-refractivity contribution in [1.82, 2.24) is 9.47 Å². The maximum atomic E-state index is 12.7. The van der Waals surface area contributed by atoms with Crippen LogP contribution in [0.2, 0.25) is 10.0 Å². The molecule has 1 fully saturated rings. The molecule has 0 bridgehead atoms. The van der Waals surface area contributed by atoms with Crippen LogP contribution in [0.4, 0.5) is 5.69 Å². The molecule has 0 N–H and O–H groups in total. The number of rotatable bonds is 12. The van der Waals surface area contributed by atoms with Gasteiger partial charge in [0.1, 0.15) is 12.4 Å². The van der Waals surface area contributed by atoms with Gasteiger partial charge in [0.2, 0.25) is 0 Å². The van der Waals surface area contributed by atoms with E-state index in [9.17, 15) is 9.59 Å². The van der Waals surface area contributed by atoms with Gasteiger partial charge in [-0.25, -0.2) is 4.57 Å². The zero-order valence-electron chi connectivity index (χ0n) is 21.5. The lowest BCUT2D eigenvalue weighted by molar-refractivity contribution is 0.0516. The summed E-state index contributed by atoms with van der Waals surface area (Å²) in [5.74, 6) is 0.198. The van der Waals surface area contributed by atoms with E-state index in [1.807, 2.05) is 30.3 Å². The Bertz CT molecular complexity index is 1290. The lowest BCUT2D eigenvalue weighted by atomic mass is 10.2. The van der Waals surface area contributed by atoms with E-state index in [-0.39, 0.29) is 13.2 Å². The zero-order valence-corrected chi connectivity index (χ0v) is 23.0. The highest BCUT2D eigenvalue weighted by molar-refractivity contribution is 6.43. The van der Waals surface area contributed by atoms with Gasteiger partial charge in [-0.3, -0.25) is 14.5 Å². The van der Waals surface area contributed by atoms with Gasteiger partial charge in [-0.2, -0.15) is 0 Å². The average Bonchev–Trinajstić information content (AvgIpc) is 2.92. The first kappa shape index (κ1) is 28.4. The number of benzene rings is 2. The summed E-state index contributed by atoms with van der Waals surface area (Å²) in [5, 5.41) is 1.98. The number of hydrogen-bond acceptors (Lipinski definition) is 7. The molecule has 1 aliphatic heterocycles. The van der Waals surface area contributed by atoms with Crippen LogP contribution < -0.4 is 15.2 Å². The number of methoxy groups -OCH3 is 1. The van der Waals surface area contributed by atoms with Gasteiger partial charge < -0.3 is 19.1 Å². The number of fused-ring (bicyclic) bond motifs is 1. The van der Waals surface area contributed by atoms with Crippen LogP contribution in [0.5, 0.6) is 5.75 Å². The fourth-order valence-electron chi connectivity index (χ4n) is 4.50. The van der Waals surface area contributed by atoms with Gasteiger partial charge in [0.15, 0.2) is 0 Å². The van der Waals surface area contributed by atoms with Crippen molar-refractivity contribution in [2.75, 3.05) is 71.2 Å². The SMILES string of the molecule is COCCOCC(=O)n1c(=O)ccc2ccc(OCCCCN3CCN(c4cccc(Cl)c4Cl)CC3)cc21. The van der Waals surface area contributed by atoms with Gasteiger partial charge in [0.25, 0.3) is 11.5 Å². The number of nitrogens with zero attached hydrogens (tertiary/aromatic N) is 3. The number of pyridine rings is 1. The van der Waals surface area contributed by atoms with Crippen molar-refractivity contribution in [3.8, 4) is 5.75 Å². The summed E-state index contributed by atoms with van der Waals surface area (Å²) in [4.78, 5) is 29.9. The molecule has 204 valence electrons. The molecular weight excluding hydrogens is 529 g/mol. The molecule has 1 aromatic heterocycles. The number of hydrogen-bond donors (Lipinski definition) is 0. The fraction of sp³-hybridized carbons (Fsp3) is 0.429. The van der Waals surface area contributed by atoms with E-state index in [1.165, 1.54) is 6.07 Å². The first-order chi connectivity index (χ1) is 18.5. The first-order valence-corrected chi connectivity index (χ1v) is 13.5. The Morgan fingerprint density at radius 2 is 1.74 bits per heavy atom. The van der Waals surface area contributed by atoms with E-state index in [1.54, 1.807) is 19.2 Å². The minimum absolute atomic E-state index is 0.201. The van der Waals surface area contributed by atoms with Crippen LogP contribution in [0.25, 0.3) is 10.9 Å². The van der Waals surface area contributed by atoms with E-state index in [4.69, 9.17) is 37.4 Å². The van der Waals surface area contributed by atoms with Crippen LogP contribution in [0.3, 0.4) is 0 Å². The van der Waals surface area contributed by atoms with Crippen LogP contribution in [-0.2, 0) is 9.47 Å². The van der Waals surface area contributed by atoms with Crippen molar-refractivity contribution in [1.29, 1.82) is 0 Å². The van der Waals surface area contributed by atoms with E-state index < -0.39 is 11.5 Å². The van der Waals surface area contributed by atoms with Gasteiger partial charge in [-0.05, 0) is 55.1 Å². The molecule has 1 saturated heterocycles. The molecule has 0 amide bonds. The molecule has 2 heterocycles. The number of carbonyl (C=O) groups excluding carboxylic acids is 1. The molecule has 0 aliphatic carbocycles. The Hall–Kier alpha value is -2.62. The summed E-state index contributed by atoms with van der Waals surface area (Å²) in [6.45, 7) is 5.75. The summed E-state index contributed by atoms with van der Waals surface area (Å²) in [7, 11) is 1.56. The van der Waals surface area contributed by atoms with E-state index in [2.05, 4.69) is 9.80 Å². The van der Waals surface area contributed by atoms with Crippen molar-refractivity contribution in [2.45, 2.75) is 12.8 Å². The molecule has 1 aliphatic rings. The molecule has 0 atom stereocenters. The topological polar surface area (TPSA) is 73.2 Å². The standard InChI is InChI=1S/C28H33Cl2N3O5/c1-36-17-18-37-20-27(35)33-25-19-22(9-7-21(25)8-10-26(33)34)38-16-3-2-11-31-12-14-32(15-13-31)24-6-4-5-23(29)28(24)30/h4-10,19H,2-3,11-18,20H2,1H3. The highest BCUT2D eigenvalue weighted by Gasteiger charge is 2.19. The summed E-state index contributed by atoms with van der Waals surface area (Å²) in [6, 6.07) is 14.3. The molecule has 10 heteroatoms. The summed E-state index contributed by atoms with van der Waals surface area (Å²) in [6.07, 6.45) is 1.90. The first-order valence-electron chi connectivity index (χ1n) is 12.8. The Morgan fingerprint density at radius 3 is 2.53 bits per heavy atom. The number of unbranched alkanes of at least 4 members (excludes halogenated alkanes) is 1. The predicted molar refractivity (Wildman–Crippen MR) is 151 cm³/mol. The van der Waals surface area contributed by atoms with Gasteiger partial charge in [-0.15, -0.1) is 0 Å². The number of carbonyl (C=O) groups is 1. The monoisotopic (exact) mass is 561 g/mol. The van der Waals surface area contributed by atoms with E-state index in [0.29, 0.717) is 34.5 Å². The van der Waals surface area contributed by atoms with Gasteiger partial charge in [0.05, 0.1) is 41.1 Å². The lowest BCUT2D eigenvalue weighted by Crippen LogP contribution is -2.46. The van der Waals surface area contributed by atoms with Crippen LogP contribution in [0.15, 0.2) is 53.3 Å². The predicted octanol–water partition coefficient (Wildman–Crippen LogP) is 4.59. The highest BCUT2D eigenvalue weighted by atomic mass is 35.5. The maximum Gasteiger partial charge on any atom is 0.260 e. The van der Waals surface area contributed by atoms with E-state index >= 15 is 0 Å². The number of halogens is 2. The Labute approximate surface area is 232 Å². The van der Waals surface area contributed by atoms with Crippen molar-refractivity contribution in [3.05, 3.63) is 68.9 Å². The Kier molecular flexibility index (Phi) is 10.4. The minimum Gasteiger partial charge on any atom is -0.494 e. The third kappa shape index (κ3) is 7.27. The fourth-order valence-corrected chi connectivity index (χ4v) is 4.92. The molecule has 0 radical (unpaired) electrons. The minimum atomic E-state index is -0.424. The second-order valence-electron chi connectivity index (χ2n) is 9.12. The molecule has 0 unspecified atom stereocenters. The normalized spacial score (nSPS) is 14.2. The molecule has 8 nitrogen and oxygen atoms in total. The molecule has 0 spiro atoms. The van der Waals surface area contributed by atoms with Gasteiger partial charge in [0, 0.05) is 45.4 Å². The quantitative estimate of drug-likeness (QED) is 0.299. The zero-order chi connectivity index (χ0) is 26.9. The third-order valence-corrected chi connectivity index (χ3v) is 7.37. The van der Waals surface area contributed by atoms with Gasteiger partial charge >= 0.3 is 0 Å². The largest absolute Gasteiger partial charge is 0.494 e. The molecule has 3 aromatic rings. The van der Waals surface area contributed by atoms with Crippen molar-refractivity contribution in [3.63, 3.8) is 0 Å². The molecule has 0 saturated carbocycles. The number of ether oxygens (including phenoxy) is 3. The van der Waals surface area contributed by atoms with E-state index in [0.717, 1.165) is 61.2 Å². The van der Waals surface area contributed by atoms with Crippen molar-refractivity contribution < 1.29 is 19.0 Å². The van der Waals surface area contributed by atoms with Gasteiger partial charge in [-0.1, -0.05) is 29.3 Å². The number of anilines is 1. The van der Waals surface area contributed by atoms with Crippen LogP contribution >= 0.6 is 23.2 Å². The summed E-state index contributed by atoms with van der Waals surface area (Å²) < 4.78 is 17.3. The summed E-state index contributed by atoms with van der Waals surface area (Å²) >= 11 is 12.6. The molecule has 38 heavy (non-hydrogen) atoms. The van der Waals surface area contributed by atoms with Crippen molar-refractivity contribution >= 4 is 45.7 Å². The third-order valence-electron chi connectivity index (χ3n) is 6.56. The van der Waals surface area contributed by atoms with Crippen LogP contribution in [-0.4, -0.2) is 81.6 Å². The average molecular weight is 562 g/mol. The second-order valence-corrected chi connectivity index (χ2v) is 9.91. The van der Waals surface area contributed by atoms with Crippen molar-refractivity contribution in [2.24, 2.45) is 0 Å². The highest BCUT2D eigenvalue weighted by Crippen LogP contribution is 2.32. The summed E-state index contributed by atoms with van der Waals surface area (Å²) in [5.41, 5.74) is 1.11. The number of aromatic nitrogens is 1. The molecular formula is C28H33Cl2N3O5.